The standard InChI is InChI=1S/C15H21BrN2O2/c1-4-18(5-2)14(19)8-9-17-15(20)12-7-6-11(3)10-13(12)16/h6-7,10H,4-5,8-9H2,1-3H3,(H,17,20). The maximum Gasteiger partial charge on any atom is 0.252 e. The lowest BCUT2D eigenvalue weighted by atomic mass is 10.1. The smallest absolute Gasteiger partial charge is 0.252 e. The van der Waals surface area contributed by atoms with Gasteiger partial charge in [-0.2, -0.15) is 0 Å². The number of halogens is 1. The first-order chi connectivity index (χ1) is 9.49. The van der Waals surface area contributed by atoms with Gasteiger partial charge in [-0.05, 0) is 54.4 Å². The highest BCUT2D eigenvalue weighted by Gasteiger charge is 2.12. The quantitative estimate of drug-likeness (QED) is 0.865. The summed E-state index contributed by atoms with van der Waals surface area (Å²) < 4.78 is 0.769. The van der Waals surface area contributed by atoms with Crippen molar-refractivity contribution < 1.29 is 9.59 Å². The largest absolute Gasteiger partial charge is 0.351 e. The van der Waals surface area contributed by atoms with Crippen molar-refractivity contribution in [3.05, 3.63) is 33.8 Å². The zero-order valence-electron chi connectivity index (χ0n) is 12.2. The number of nitrogens with one attached hydrogen (secondary N) is 1. The third-order valence-electron chi connectivity index (χ3n) is 3.11. The first-order valence-electron chi connectivity index (χ1n) is 6.81. The van der Waals surface area contributed by atoms with Crippen molar-refractivity contribution in [2.24, 2.45) is 0 Å². The van der Waals surface area contributed by atoms with E-state index in [0.717, 1.165) is 10.0 Å². The first kappa shape index (κ1) is 16.7. The number of carbonyl (C=O) groups is 2. The van der Waals surface area contributed by atoms with Crippen molar-refractivity contribution in [2.75, 3.05) is 19.6 Å². The summed E-state index contributed by atoms with van der Waals surface area (Å²) in [4.78, 5) is 25.6. The molecule has 110 valence electrons. The zero-order valence-corrected chi connectivity index (χ0v) is 13.8. The molecule has 0 heterocycles. The van der Waals surface area contributed by atoms with Crippen LogP contribution in [0.3, 0.4) is 0 Å². The minimum Gasteiger partial charge on any atom is -0.351 e. The number of nitrogens with zero attached hydrogens (tertiary/aromatic N) is 1. The molecule has 0 bridgehead atoms. The fourth-order valence-corrected chi connectivity index (χ4v) is 2.59. The van der Waals surface area contributed by atoms with E-state index in [1.807, 2.05) is 32.9 Å². The summed E-state index contributed by atoms with van der Waals surface area (Å²) in [5, 5.41) is 2.78. The van der Waals surface area contributed by atoms with Crippen LogP contribution in [0.25, 0.3) is 0 Å². The van der Waals surface area contributed by atoms with E-state index in [1.165, 1.54) is 0 Å². The lowest BCUT2D eigenvalue weighted by Gasteiger charge is -2.18. The highest BCUT2D eigenvalue weighted by molar-refractivity contribution is 9.10. The number of carbonyl (C=O) groups excluding carboxylic acids is 2. The van der Waals surface area contributed by atoms with Crippen LogP contribution >= 0.6 is 15.9 Å². The first-order valence-corrected chi connectivity index (χ1v) is 7.61. The summed E-state index contributed by atoms with van der Waals surface area (Å²) in [6.07, 6.45) is 0.330. The molecule has 0 radical (unpaired) electrons. The number of rotatable bonds is 6. The van der Waals surface area contributed by atoms with Crippen molar-refractivity contribution in [2.45, 2.75) is 27.2 Å². The third kappa shape index (κ3) is 4.63. The van der Waals surface area contributed by atoms with E-state index >= 15 is 0 Å². The molecule has 2 amide bonds. The monoisotopic (exact) mass is 340 g/mol. The van der Waals surface area contributed by atoms with Gasteiger partial charge < -0.3 is 10.2 Å². The van der Waals surface area contributed by atoms with Gasteiger partial charge in [-0.3, -0.25) is 9.59 Å². The molecule has 0 aliphatic carbocycles. The predicted molar refractivity (Wildman–Crippen MR) is 83.8 cm³/mol. The van der Waals surface area contributed by atoms with Crippen LogP contribution in [0.15, 0.2) is 22.7 Å². The van der Waals surface area contributed by atoms with Crippen LogP contribution in [-0.2, 0) is 4.79 Å². The molecule has 0 aromatic heterocycles. The second-order valence-electron chi connectivity index (χ2n) is 4.56. The summed E-state index contributed by atoms with van der Waals surface area (Å²) in [5.74, 6) is -0.0949. The summed E-state index contributed by atoms with van der Waals surface area (Å²) in [5.41, 5.74) is 1.68. The molecular formula is C15H21BrN2O2. The number of hydrogen-bond acceptors (Lipinski definition) is 2. The van der Waals surface area contributed by atoms with Crippen molar-refractivity contribution in [1.82, 2.24) is 10.2 Å². The Hall–Kier alpha value is -1.36. The molecular weight excluding hydrogens is 320 g/mol. The van der Waals surface area contributed by atoms with Crippen LogP contribution in [0.2, 0.25) is 0 Å². The molecule has 5 heteroatoms. The summed E-state index contributed by atoms with van der Waals surface area (Å²) >= 11 is 3.38. The van der Waals surface area contributed by atoms with Crippen LogP contribution in [-0.4, -0.2) is 36.3 Å². The second-order valence-corrected chi connectivity index (χ2v) is 5.41. The lowest BCUT2D eigenvalue weighted by molar-refractivity contribution is -0.130. The van der Waals surface area contributed by atoms with Crippen LogP contribution in [0.1, 0.15) is 36.2 Å². The highest BCUT2D eigenvalue weighted by Crippen LogP contribution is 2.18. The van der Waals surface area contributed by atoms with Crippen molar-refractivity contribution in [3.8, 4) is 0 Å². The Labute approximate surface area is 128 Å². The SMILES string of the molecule is CCN(CC)C(=O)CCNC(=O)c1ccc(C)cc1Br. The van der Waals surface area contributed by atoms with Crippen molar-refractivity contribution >= 4 is 27.7 Å². The molecule has 1 aromatic carbocycles. The van der Waals surface area contributed by atoms with E-state index in [2.05, 4.69) is 21.2 Å². The average molecular weight is 341 g/mol. The van der Waals surface area contributed by atoms with Crippen LogP contribution in [0.5, 0.6) is 0 Å². The van der Waals surface area contributed by atoms with Gasteiger partial charge in [0.15, 0.2) is 0 Å². The molecule has 1 N–H and O–H groups in total. The van der Waals surface area contributed by atoms with E-state index < -0.39 is 0 Å². The van der Waals surface area contributed by atoms with Crippen molar-refractivity contribution in [3.63, 3.8) is 0 Å². The molecule has 0 unspecified atom stereocenters. The van der Waals surface area contributed by atoms with Crippen molar-refractivity contribution in [1.29, 1.82) is 0 Å². The Morgan fingerprint density at radius 3 is 2.45 bits per heavy atom. The van der Waals surface area contributed by atoms with Gasteiger partial charge in [-0.1, -0.05) is 6.07 Å². The molecule has 1 rings (SSSR count). The average Bonchev–Trinajstić information content (AvgIpc) is 2.39. The van der Waals surface area contributed by atoms with Gasteiger partial charge in [0.25, 0.3) is 5.91 Å². The second kappa shape index (κ2) is 8.04. The number of amides is 2. The van der Waals surface area contributed by atoms with E-state index in [1.54, 1.807) is 11.0 Å². The summed E-state index contributed by atoms with van der Waals surface area (Å²) in [6.45, 7) is 7.62. The van der Waals surface area contributed by atoms with E-state index in [9.17, 15) is 9.59 Å². The molecule has 20 heavy (non-hydrogen) atoms. The molecule has 0 aliphatic rings. The topological polar surface area (TPSA) is 49.4 Å². The van der Waals surface area contributed by atoms with E-state index in [-0.39, 0.29) is 11.8 Å². The maximum absolute atomic E-state index is 12.0. The van der Waals surface area contributed by atoms with Gasteiger partial charge in [0.1, 0.15) is 0 Å². The molecule has 0 saturated carbocycles. The van der Waals surface area contributed by atoms with Crippen LogP contribution in [0.4, 0.5) is 0 Å². The molecule has 0 atom stereocenters. The Morgan fingerprint density at radius 2 is 1.90 bits per heavy atom. The van der Waals surface area contributed by atoms with Gasteiger partial charge in [0.2, 0.25) is 5.91 Å². The molecule has 0 aliphatic heterocycles. The third-order valence-corrected chi connectivity index (χ3v) is 3.77. The Balaban J connectivity index is 2.50. The fraction of sp³-hybridized carbons (Fsp3) is 0.467. The van der Waals surface area contributed by atoms with Gasteiger partial charge >= 0.3 is 0 Å². The fourth-order valence-electron chi connectivity index (χ4n) is 1.92. The van der Waals surface area contributed by atoms with Gasteiger partial charge in [-0.25, -0.2) is 0 Å². The molecule has 0 saturated heterocycles. The molecule has 4 nitrogen and oxygen atoms in total. The molecule has 0 spiro atoms. The minimum atomic E-state index is -0.163. The Kier molecular flexibility index (Phi) is 6.71. The molecule has 0 fully saturated rings. The Bertz CT molecular complexity index is 485. The van der Waals surface area contributed by atoms with Crippen LogP contribution in [0, 0.1) is 6.92 Å². The summed E-state index contributed by atoms with van der Waals surface area (Å²) in [7, 11) is 0. The summed E-state index contributed by atoms with van der Waals surface area (Å²) in [6, 6.07) is 5.57. The van der Waals surface area contributed by atoms with Gasteiger partial charge in [0, 0.05) is 30.5 Å². The number of hydrogen-bond donors (Lipinski definition) is 1. The normalized spacial score (nSPS) is 10.2. The minimum absolute atomic E-state index is 0.0678. The predicted octanol–water partition coefficient (Wildman–Crippen LogP) is 2.75. The molecule has 1 aromatic rings. The van der Waals surface area contributed by atoms with E-state index in [4.69, 9.17) is 0 Å². The zero-order chi connectivity index (χ0) is 15.1. The number of aryl methyl sites for hydroxylation is 1. The van der Waals surface area contributed by atoms with Crippen LogP contribution < -0.4 is 5.32 Å². The van der Waals surface area contributed by atoms with Gasteiger partial charge in [0.05, 0.1) is 5.56 Å². The maximum atomic E-state index is 12.0. The lowest BCUT2D eigenvalue weighted by Crippen LogP contribution is -2.34. The Morgan fingerprint density at radius 1 is 1.25 bits per heavy atom. The van der Waals surface area contributed by atoms with Gasteiger partial charge in [-0.15, -0.1) is 0 Å². The number of benzene rings is 1. The highest BCUT2D eigenvalue weighted by atomic mass is 79.9. The van der Waals surface area contributed by atoms with E-state index in [0.29, 0.717) is 31.6 Å².